The summed E-state index contributed by atoms with van der Waals surface area (Å²) in [5, 5.41) is 0. The molecule has 3 heteroatoms. The summed E-state index contributed by atoms with van der Waals surface area (Å²) in [6.45, 7) is 5.71. The minimum Gasteiger partial charge on any atom is -0.330 e. The predicted octanol–water partition coefficient (Wildman–Crippen LogP) is 3.50. The second-order valence-electron chi connectivity index (χ2n) is 6.38. The summed E-state index contributed by atoms with van der Waals surface area (Å²) in [6.07, 6.45) is 5.27. The van der Waals surface area contributed by atoms with Gasteiger partial charge in [-0.25, -0.2) is 0 Å². The Morgan fingerprint density at radius 1 is 1.24 bits per heavy atom. The number of carbonyl (C=O) groups excluding carboxylic acids is 1. The van der Waals surface area contributed by atoms with E-state index in [0.717, 1.165) is 43.0 Å². The van der Waals surface area contributed by atoms with Crippen molar-refractivity contribution < 1.29 is 4.79 Å². The number of hydrogen-bond donors (Lipinski definition) is 1. The zero-order valence-corrected chi connectivity index (χ0v) is 13.3. The van der Waals surface area contributed by atoms with Gasteiger partial charge in [0.1, 0.15) is 0 Å². The van der Waals surface area contributed by atoms with E-state index < -0.39 is 0 Å². The lowest BCUT2D eigenvalue weighted by Crippen LogP contribution is -2.39. The number of carbonyl (C=O) groups is 1. The van der Waals surface area contributed by atoms with Crippen LogP contribution in [0, 0.1) is 18.8 Å². The molecule has 3 nitrogen and oxygen atoms in total. The molecule has 1 saturated carbocycles. The van der Waals surface area contributed by atoms with E-state index in [4.69, 9.17) is 5.73 Å². The lowest BCUT2D eigenvalue weighted by Gasteiger charge is -2.32. The van der Waals surface area contributed by atoms with E-state index in [2.05, 4.69) is 26.0 Å². The molecule has 1 aliphatic carbocycles. The van der Waals surface area contributed by atoms with Gasteiger partial charge in [0.05, 0.1) is 0 Å². The van der Waals surface area contributed by atoms with E-state index in [9.17, 15) is 4.79 Å². The Balaban J connectivity index is 2.15. The molecule has 2 rings (SSSR count). The number of nitrogens with two attached hydrogens (primary N) is 1. The second kappa shape index (κ2) is 7.60. The maximum absolute atomic E-state index is 12.9. The van der Waals surface area contributed by atoms with Crippen LogP contribution in [0.25, 0.3) is 0 Å². The minimum atomic E-state index is 0.193. The van der Waals surface area contributed by atoms with Gasteiger partial charge in [-0.1, -0.05) is 25.1 Å². The number of rotatable bonds is 5. The molecule has 1 fully saturated rings. The Kier molecular flexibility index (Phi) is 5.80. The Labute approximate surface area is 128 Å². The van der Waals surface area contributed by atoms with Crippen molar-refractivity contribution in [2.45, 2.75) is 46.0 Å². The van der Waals surface area contributed by atoms with E-state index >= 15 is 0 Å². The summed E-state index contributed by atoms with van der Waals surface area (Å²) in [6, 6.07) is 8.15. The topological polar surface area (TPSA) is 46.3 Å². The number of amides is 1. The van der Waals surface area contributed by atoms with Gasteiger partial charge < -0.3 is 10.6 Å². The van der Waals surface area contributed by atoms with Crippen LogP contribution in [0.4, 0.5) is 5.69 Å². The third kappa shape index (κ3) is 4.07. The van der Waals surface area contributed by atoms with E-state index in [1.165, 1.54) is 12.8 Å². The third-order valence-electron chi connectivity index (χ3n) is 4.62. The summed E-state index contributed by atoms with van der Waals surface area (Å²) >= 11 is 0. The fourth-order valence-corrected chi connectivity index (χ4v) is 3.19. The monoisotopic (exact) mass is 288 g/mol. The van der Waals surface area contributed by atoms with Gasteiger partial charge in [-0.3, -0.25) is 4.79 Å². The van der Waals surface area contributed by atoms with Crippen molar-refractivity contribution in [3.05, 3.63) is 29.8 Å². The normalized spacial score (nSPS) is 22.0. The molecule has 0 saturated heterocycles. The lowest BCUT2D eigenvalue weighted by atomic mass is 9.82. The van der Waals surface area contributed by atoms with Crippen LogP contribution in [-0.2, 0) is 4.79 Å². The average Bonchev–Trinajstić information content (AvgIpc) is 2.50. The van der Waals surface area contributed by atoms with Crippen LogP contribution in [0.15, 0.2) is 24.3 Å². The Morgan fingerprint density at radius 2 is 1.90 bits per heavy atom. The smallest absolute Gasteiger partial charge is 0.230 e. The highest BCUT2D eigenvalue weighted by Gasteiger charge is 2.29. The standard InChI is InChI=1S/C18H28N2O/c1-14-8-10-16(11-9-14)18(21)20(13-5-12-19)17-7-4-3-6-15(17)2/h3-4,6-7,14,16H,5,8-13,19H2,1-2H3. The maximum atomic E-state index is 12.9. The quantitative estimate of drug-likeness (QED) is 0.901. The van der Waals surface area contributed by atoms with Crippen molar-refractivity contribution >= 4 is 11.6 Å². The molecule has 1 aromatic rings. The van der Waals surface area contributed by atoms with Crippen LogP contribution >= 0.6 is 0 Å². The van der Waals surface area contributed by atoms with Crippen LogP contribution in [0.5, 0.6) is 0 Å². The first-order chi connectivity index (χ1) is 10.1. The Bertz CT molecular complexity index is 464. The summed E-state index contributed by atoms with van der Waals surface area (Å²) < 4.78 is 0. The molecule has 21 heavy (non-hydrogen) atoms. The molecular formula is C18H28N2O. The highest BCUT2D eigenvalue weighted by molar-refractivity contribution is 5.95. The zero-order valence-electron chi connectivity index (χ0n) is 13.3. The SMILES string of the molecule is Cc1ccccc1N(CCCN)C(=O)C1CCC(C)CC1. The number of para-hydroxylation sites is 1. The van der Waals surface area contributed by atoms with Crippen molar-refractivity contribution in [3.63, 3.8) is 0 Å². The number of nitrogens with zero attached hydrogens (tertiary/aromatic N) is 1. The third-order valence-corrected chi connectivity index (χ3v) is 4.62. The Hall–Kier alpha value is -1.35. The van der Waals surface area contributed by atoms with Crippen LogP contribution in [0.1, 0.15) is 44.6 Å². The molecule has 0 radical (unpaired) electrons. The molecule has 0 unspecified atom stereocenters. The van der Waals surface area contributed by atoms with Gasteiger partial charge in [0.15, 0.2) is 0 Å². The summed E-state index contributed by atoms with van der Waals surface area (Å²) in [5.41, 5.74) is 7.86. The molecule has 0 aromatic heterocycles. The molecule has 0 aliphatic heterocycles. The fourth-order valence-electron chi connectivity index (χ4n) is 3.19. The largest absolute Gasteiger partial charge is 0.330 e. The molecule has 0 atom stereocenters. The summed E-state index contributed by atoms with van der Waals surface area (Å²) in [7, 11) is 0. The van der Waals surface area contributed by atoms with Gasteiger partial charge in [0.25, 0.3) is 0 Å². The first-order valence-corrected chi connectivity index (χ1v) is 8.20. The van der Waals surface area contributed by atoms with Crippen molar-refractivity contribution in [3.8, 4) is 0 Å². The molecule has 1 aromatic carbocycles. The van der Waals surface area contributed by atoms with E-state index in [1.807, 2.05) is 17.0 Å². The van der Waals surface area contributed by atoms with Crippen LogP contribution in [-0.4, -0.2) is 19.0 Å². The summed E-state index contributed by atoms with van der Waals surface area (Å²) in [4.78, 5) is 14.9. The molecule has 0 heterocycles. The van der Waals surface area contributed by atoms with E-state index in [1.54, 1.807) is 0 Å². The highest BCUT2D eigenvalue weighted by Crippen LogP contribution is 2.31. The number of hydrogen-bond acceptors (Lipinski definition) is 2. The minimum absolute atomic E-state index is 0.193. The zero-order chi connectivity index (χ0) is 15.2. The first-order valence-electron chi connectivity index (χ1n) is 8.20. The van der Waals surface area contributed by atoms with Gasteiger partial charge in [-0.05, 0) is 63.1 Å². The predicted molar refractivity (Wildman–Crippen MR) is 88.3 cm³/mol. The maximum Gasteiger partial charge on any atom is 0.230 e. The lowest BCUT2D eigenvalue weighted by molar-refractivity contribution is -0.123. The van der Waals surface area contributed by atoms with Crippen molar-refractivity contribution in [1.29, 1.82) is 0 Å². The van der Waals surface area contributed by atoms with Gasteiger partial charge in [0, 0.05) is 18.2 Å². The van der Waals surface area contributed by atoms with Crippen molar-refractivity contribution in [2.75, 3.05) is 18.0 Å². The molecule has 2 N–H and O–H groups in total. The van der Waals surface area contributed by atoms with Crippen molar-refractivity contribution in [1.82, 2.24) is 0 Å². The Morgan fingerprint density at radius 3 is 2.52 bits per heavy atom. The number of benzene rings is 1. The van der Waals surface area contributed by atoms with Crippen molar-refractivity contribution in [2.24, 2.45) is 17.6 Å². The van der Waals surface area contributed by atoms with Crippen LogP contribution < -0.4 is 10.6 Å². The average molecular weight is 288 g/mol. The van der Waals surface area contributed by atoms with Gasteiger partial charge >= 0.3 is 0 Å². The second-order valence-corrected chi connectivity index (χ2v) is 6.38. The van der Waals surface area contributed by atoms with E-state index in [0.29, 0.717) is 12.5 Å². The molecule has 116 valence electrons. The van der Waals surface area contributed by atoms with E-state index in [-0.39, 0.29) is 5.92 Å². The van der Waals surface area contributed by atoms with Crippen LogP contribution in [0.3, 0.4) is 0 Å². The first kappa shape index (κ1) is 16.0. The molecule has 0 spiro atoms. The van der Waals surface area contributed by atoms with Gasteiger partial charge in [-0.15, -0.1) is 0 Å². The molecular weight excluding hydrogens is 260 g/mol. The van der Waals surface area contributed by atoms with Gasteiger partial charge in [-0.2, -0.15) is 0 Å². The number of aryl methyl sites for hydroxylation is 1. The highest BCUT2D eigenvalue weighted by atomic mass is 16.2. The molecule has 1 aliphatic rings. The summed E-state index contributed by atoms with van der Waals surface area (Å²) in [5.74, 6) is 1.26. The number of anilines is 1. The fraction of sp³-hybridized carbons (Fsp3) is 0.611. The molecule has 0 bridgehead atoms. The van der Waals surface area contributed by atoms with Crippen LogP contribution in [0.2, 0.25) is 0 Å². The molecule has 1 amide bonds. The van der Waals surface area contributed by atoms with Gasteiger partial charge in [0.2, 0.25) is 5.91 Å².